The Balaban J connectivity index is 1.57. The van der Waals surface area contributed by atoms with E-state index >= 15 is 0 Å². The van der Waals surface area contributed by atoms with Crippen LogP contribution in [-0.4, -0.2) is 64.4 Å². The number of anilines is 1. The number of hydrogen-bond acceptors (Lipinski definition) is 4. The standard InChI is InChI=1S/C25H25N5O2/c1-17-14-22(25(32)29-12-10-28(2)11-13-29)30(15-17)16-20-23-19(18-6-8-26-9-7-18)4-3-5-21(23)27-24(20)31/h3-9,14-16H,10-13H2,1-2H3,(H,27,31). The van der Waals surface area contributed by atoms with Gasteiger partial charge in [0.15, 0.2) is 0 Å². The van der Waals surface area contributed by atoms with E-state index in [1.165, 1.54) is 0 Å². The first-order valence-corrected chi connectivity index (χ1v) is 10.7. The summed E-state index contributed by atoms with van der Waals surface area (Å²) in [5, 5.41) is 2.96. The fourth-order valence-corrected chi connectivity index (χ4v) is 4.35. The predicted molar refractivity (Wildman–Crippen MR) is 125 cm³/mol. The third-order valence-corrected chi connectivity index (χ3v) is 6.08. The highest BCUT2D eigenvalue weighted by Gasteiger charge is 2.29. The van der Waals surface area contributed by atoms with E-state index in [1.807, 2.05) is 54.4 Å². The SMILES string of the molecule is Cc1cc(C(=O)N2CCN(C)CC2)n(C=C2C(=O)Nc3cccc(-c4ccncc4)c32)c1. The smallest absolute Gasteiger partial charge is 0.270 e. The molecule has 0 bridgehead atoms. The van der Waals surface area contributed by atoms with Gasteiger partial charge in [-0.25, -0.2) is 0 Å². The van der Waals surface area contributed by atoms with Crippen molar-refractivity contribution in [3.8, 4) is 11.1 Å². The Labute approximate surface area is 187 Å². The molecule has 162 valence electrons. The molecule has 7 heteroatoms. The number of carbonyl (C=O) groups is 2. The summed E-state index contributed by atoms with van der Waals surface area (Å²) < 4.78 is 1.79. The molecule has 0 saturated carbocycles. The normalized spacial score (nSPS) is 17.5. The van der Waals surface area contributed by atoms with Gasteiger partial charge in [0, 0.05) is 62.2 Å². The number of aromatic nitrogens is 2. The number of hydrogen-bond donors (Lipinski definition) is 1. The molecule has 2 amide bonds. The lowest BCUT2D eigenvalue weighted by Crippen LogP contribution is -2.47. The molecule has 2 aliphatic rings. The average molecular weight is 428 g/mol. The van der Waals surface area contributed by atoms with Crippen LogP contribution in [0.4, 0.5) is 5.69 Å². The molecule has 4 heterocycles. The van der Waals surface area contributed by atoms with Gasteiger partial charge in [0.25, 0.3) is 11.8 Å². The van der Waals surface area contributed by atoms with E-state index < -0.39 is 0 Å². The summed E-state index contributed by atoms with van der Waals surface area (Å²) in [5.74, 6) is -0.185. The largest absolute Gasteiger partial charge is 0.335 e. The van der Waals surface area contributed by atoms with Gasteiger partial charge in [-0.15, -0.1) is 0 Å². The highest BCUT2D eigenvalue weighted by molar-refractivity contribution is 6.35. The number of amides is 2. The van der Waals surface area contributed by atoms with Gasteiger partial charge in [-0.3, -0.25) is 14.6 Å². The van der Waals surface area contributed by atoms with Crippen LogP contribution in [-0.2, 0) is 4.79 Å². The van der Waals surface area contributed by atoms with E-state index in [-0.39, 0.29) is 11.8 Å². The van der Waals surface area contributed by atoms with Crippen LogP contribution in [0.3, 0.4) is 0 Å². The van der Waals surface area contributed by atoms with E-state index in [1.54, 1.807) is 23.2 Å². The van der Waals surface area contributed by atoms with Crippen LogP contribution < -0.4 is 5.32 Å². The topological polar surface area (TPSA) is 70.5 Å². The number of nitrogens with one attached hydrogen (secondary N) is 1. The van der Waals surface area contributed by atoms with Crippen LogP contribution in [0.2, 0.25) is 0 Å². The molecule has 2 aromatic heterocycles. The van der Waals surface area contributed by atoms with Crippen molar-refractivity contribution in [2.75, 3.05) is 38.5 Å². The molecule has 7 nitrogen and oxygen atoms in total. The number of fused-ring (bicyclic) bond motifs is 1. The lowest BCUT2D eigenvalue weighted by Gasteiger charge is -2.32. The second-order valence-electron chi connectivity index (χ2n) is 8.37. The van der Waals surface area contributed by atoms with Crippen molar-refractivity contribution in [2.45, 2.75) is 6.92 Å². The number of likely N-dealkylation sites (N-methyl/N-ethyl adjacent to an activating group) is 1. The predicted octanol–water partition coefficient (Wildman–Crippen LogP) is 3.20. The molecule has 1 aromatic carbocycles. The third-order valence-electron chi connectivity index (χ3n) is 6.08. The van der Waals surface area contributed by atoms with Crippen LogP contribution in [0.5, 0.6) is 0 Å². The first-order chi connectivity index (χ1) is 15.5. The summed E-state index contributed by atoms with van der Waals surface area (Å²) in [4.78, 5) is 34.4. The van der Waals surface area contributed by atoms with Crippen LogP contribution in [0, 0.1) is 6.92 Å². The number of benzene rings is 1. The molecular formula is C25H25N5O2. The number of piperazine rings is 1. The van der Waals surface area contributed by atoms with Crippen molar-refractivity contribution in [3.63, 3.8) is 0 Å². The van der Waals surface area contributed by atoms with Gasteiger partial charge in [0.2, 0.25) is 0 Å². The number of pyridine rings is 1. The van der Waals surface area contributed by atoms with E-state index in [4.69, 9.17) is 0 Å². The zero-order valence-electron chi connectivity index (χ0n) is 18.2. The fourth-order valence-electron chi connectivity index (χ4n) is 4.35. The van der Waals surface area contributed by atoms with Gasteiger partial charge in [-0.1, -0.05) is 12.1 Å². The number of aryl methyl sites for hydroxylation is 1. The molecule has 0 radical (unpaired) electrons. The quantitative estimate of drug-likeness (QED) is 0.652. The summed E-state index contributed by atoms with van der Waals surface area (Å²) in [7, 11) is 2.07. The van der Waals surface area contributed by atoms with Crippen LogP contribution in [0.25, 0.3) is 22.9 Å². The van der Waals surface area contributed by atoms with Crippen molar-refractivity contribution in [2.24, 2.45) is 0 Å². The van der Waals surface area contributed by atoms with Crippen LogP contribution in [0.1, 0.15) is 21.6 Å². The molecule has 0 unspecified atom stereocenters. The van der Waals surface area contributed by atoms with Gasteiger partial charge in [0.05, 0.1) is 5.57 Å². The van der Waals surface area contributed by atoms with Gasteiger partial charge < -0.3 is 19.7 Å². The monoisotopic (exact) mass is 427 g/mol. The highest BCUT2D eigenvalue weighted by atomic mass is 16.2. The van der Waals surface area contributed by atoms with Crippen molar-refractivity contribution < 1.29 is 9.59 Å². The molecule has 3 aromatic rings. The highest BCUT2D eigenvalue weighted by Crippen LogP contribution is 2.39. The summed E-state index contributed by atoms with van der Waals surface area (Å²) in [6.07, 6.45) is 7.16. The number of rotatable bonds is 3. The Bertz CT molecular complexity index is 1220. The van der Waals surface area contributed by atoms with Gasteiger partial charge >= 0.3 is 0 Å². The molecule has 1 N–H and O–H groups in total. The zero-order chi connectivity index (χ0) is 22.2. The zero-order valence-corrected chi connectivity index (χ0v) is 18.2. The Morgan fingerprint density at radius 2 is 1.84 bits per heavy atom. The summed E-state index contributed by atoms with van der Waals surface area (Å²) in [5.41, 5.74) is 5.62. The lowest BCUT2D eigenvalue weighted by molar-refractivity contribution is -0.110. The minimum atomic E-state index is -0.175. The Morgan fingerprint density at radius 1 is 1.09 bits per heavy atom. The Hall–Kier alpha value is -3.71. The molecule has 0 atom stereocenters. The van der Waals surface area contributed by atoms with Crippen LogP contribution >= 0.6 is 0 Å². The second-order valence-corrected chi connectivity index (χ2v) is 8.37. The molecule has 1 fully saturated rings. The first-order valence-electron chi connectivity index (χ1n) is 10.7. The van der Waals surface area contributed by atoms with Crippen molar-refractivity contribution in [3.05, 3.63) is 71.8 Å². The molecule has 2 aliphatic heterocycles. The van der Waals surface area contributed by atoms with Gasteiger partial charge in [0.1, 0.15) is 5.69 Å². The Kier molecular flexibility index (Phi) is 5.11. The second kappa shape index (κ2) is 8.09. The third kappa shape index (κ3) is 3.61. The lowest BCUT2D eigenvalue weighted by atomic mass is 9.96. The maximum Gasteiger partial charge on any atom is 0.270 e. The van der Waals surface area contributed by atoms with E-state index in [2.05, 4.69) is 22.2 Å². The number of nitrogens with zero attached hydrogens (tertiary/aromatic N) is 4. The van der Waals surface area contributed by atoms with Gasteiger partial charge in [-0.05, 0) is 54.9 Å². The maximum atomic E-state index is 13.3. The van der Waals surface area contributed by atoms with Crippen molar-refractivity contribution in [1.29, 1.82) is 0 Å². The van der Waals surface area contributed by atoms with Gasteiger partial charge in [-0.2, -0.15) is 0 Å². The Morgan fingerprint density at radius 3 is 2.59 bits per heavy atom. The molecule has 32 heavy (non-hydrogen) atoms. The summed E-state index contributed by atoms with van der Waals surface area (Å²) in [6, 6.07) is 11.6. The molecule has 0 aliphatic carbocycles. The molecule has 1 saturated heterocycles. The summed E-state index contributed by atoms with van der Waals surface area (Å²) >= 11 is 0. The van der Waals surface area contributed by atoms with Crippen molar-refractivity contribution >= 4 is 29.3 Å². The minimum absolute atomic E-state index is 0.0101. The van der Waals surface area contributed by atoms with E-state index in [9.17, 15) is 9.59 Å². The molecule has 5 rings (SSSR count). The molecular weight excluding hydrogens is 402 g/mol. The van der Waals surface area contributed by atoms with Crippen LogP contribution in [0.15, 0.2) is 55.0 Å². The summed E-state index contributed by atoms with van der Waals surface area (Å²) in [6.45, 7) is 5.08. The molecule has 0 spiro atoms. The fraction of sp³-hybridized carbons (Fsp3) is 0.240. The van der Waals surface area contributed by atoms with Crippen molar-refractivity contribution in [1.82, 2.24) is 19.4 Å². The minimum Gasteiger partial charge on any atom is -0.335 e. The first kappa shape index (κ1) is 20.2. The number of carbonyl (C=O) groups excluding carboxylic acids is 2. The average Bonchev–Trinajstić information content (AvgIpc) is 3.33. The van der Waals surface area contributed by atoms with E-state index in [0.717, 1.165) is 41.0 Å². The van der Waals surface area contributed by atoms with E-state index in [0.29, 0.717) is 24.4 Å². The maximum absolute atomic E-state index is 13.3.